The van der Waals surface area contributed by atoms with E-state index in [1.54, 1.807) is 4.90 Å². The van der Waals surface area contributed by atoms with E-state index in [0.29, 0.717) is 25.4 Å². The van der Waals surface area contributed by atoms with Gasteiger partial charge in [-0.25, -0.2) is 0 Å². The maximum atomic E-state index is 12.2. The molecule has 0 bridgehead atoms. The minimum absolute atomic E-state index is 0.0492. The molecule has 21 heavy (non-hydrogen) atoms. The molecular formula is C15H24N2O4. The van der Waals surface area contributed by atoms with Crippen molar-refractivity contribution in [2.24, 2.45) is 11.3 Å². The van der Waals surface area contributed by atoms with Gasteiger partial charge in [0.15, 0.2) is 0 Å². The van der Waals surface area contributed by atoms with Crippen molar-refractivity contribution in [3.63, 3.8) is 0 Å². The highest BCUT2D eigenvalue weighted by Crippen LogP contribution is 2.33. The topological polar surface area (TPSA) is 86.7 Å². The van der Waals surface area contributed by atoms with E-state index in [4.69, 9.17) is 0 Å². The van der Waals surface area contributed by atoms with Crippen molar-refractivity contribution in [1.29, 1.82) is 0 Å². The maximum Gasteiger partial charge on any atom is 0.311 e. The lowest BCUT2D eigenvalue weighted by molar-refractivity contribution is -0.149. The van der Waals surface area contributed by atoms with Crippen molar-refractivity contribution < 1.29 is 19.5 Å². The third kappa shape index (κ3) is 3.19. The fraction of sp³-hybridized carbons (Fsp3) is 0.800. The van der Waals surface area contributed by atoms with Gasteiger partial charge in [0.05, 0.1) is 11.3 Å². The third-order valence-electron chi connectivity index (χ3n) is 4.93. The van der Waals surface area contributed by atoms with Gasteiger partial charge in [0.25, 0.3) is 0 Å². The van der Waals surface area contributed by atoms with Crippen LogP contribution < -0.4 is 5.32 Å². The second kappa shape index (κ2) is 6.03. The monoisotopic (exact) mass is 296 g/mol. The number of carbonyl (C=O) groups is 3. The second-order valence-corrected chi connectivity index (χ2v) is 6.19. The van der Waals surface area contributed by atoms with Gasteiger partial charge in [0, 0.05) is 25.6 Å². The molecule has 2 fully saturated rings. The number of nitrogens with one attached hydrogen (secondary N) is 1. The van der Waals surface area contributed by atoms with Crippen LogP contribution in [-0.4, -0.2) is 46.9 Å². The van der Waals surface area contributed by atoms with E-state index in [2.05, 4.69) is 5.32 Å². The number of carbonyl (C=O) groups excluding carboxylic acids is 2. The summed E-state index contributed by atoms with van der Waals surface area (Å²) in [4.78, 5) is 37.2. The molecule has 0 aromatic rings. The van der Waals surface area contributed by atoms with Crippen LogP contribution in [0.1, 0.15) is 46.0 Å². The molecule has 2 rings (SSSR count). The molecule has 1 saturated carbocycles. The van der Waals surface area contributed by atoms with Crippen molar-refractivity contribution in [1.82, 2.24) is 10.2 Å². The Hall–Kier alpha value is -1.59. The summed E-state index contributed by atoms with van der Waals surface area (Å²) in [6.45, 7) is 4.24. The van der Waals surface area contributed by atoms with Gasteiger partial charge >= 0.3 is 5.97 Å². The van der Waals surface area contributed by atoms with Crippen LogP contribution >= 0.6 is 0 Å². The zero-order chi connectivity index (χ0) is 15.6. The van der Waals surface area contributed by atoms with E-state index >= 15 is 0 Å². The maximum absolute atomic E-state index is 12.2. The first-order valence-corrected chi connectivity index (χ1v) is 7.74. The minimum atomic E-state index is -0.908. The quantitative estimate of drug-likeness (QED) is 0.734. The number of likely N-dealkylation sites (tertiary alicyclic amines) is 1. The molecule has 1 aliphatic heterocycles. The summed E-state index contributed by atoms with van der Waals surface area (Å²) in [5, 5.41) is 12.1. The van der Waals surface area contributed by atoms with Crippen LogP contribution in [0.5, 0.6) is 0 Å². The van der Waals surface area contributed by atoms with Crippen molar-refractivity contribution in [3.05, 3.63) is 0 Å². The summed E-state index contributed by atoms with van der Waals surface area (Å²) in [7, 11) is 0. The lowest BCUT2D eigenvalue weighted by atomic mass is 9.82. The normalized spacial score (nSPS) is 22.5. The summed E-state index contributed by atoms with van der Waals surface area (Å²) in [5.41, 5.74) is -0.908. The average molecular weight is 296 g/mol. The van der Waals surface area contributed by atoms with Crippen LogP contribution in [0.25, 0.3) is 0 Å². The Morgan fingerprint density at radius 3 is 2.43 bits per heavy atom. The Morgan fingerprint density at radius 2 is 1.95 bits per heavy atom. The smallest absolute Gasteiger partial charge is 0.311 e. The molecule has 2 amide bonds. The molecule has 0 radical (unpaired) electrons. The van der Waals surface area contributed by atoms with Crippen LogP contribution in [0.3, 0.4) is 0 Å². The highest BCUT2D eigenvalue weighted by atomic mass is 16.4. The molecule has 1 saturated heterocycles. The summed E-state index contributed by atoms with van der Waals surface area (Å²) in [5.74, 6) is -1.36. The molecule has 1 unspecified atom stereocenters. The van der Waals surface area contributed by atoms with Crippen molar-refractivity contribution in [3.8, 4) is 0 Å². The fourth-order valence-electron chi connectivity index (χ4n) is 2.93. The first-order chi connectivity index (χ1) is 9.93. The number of aliphatic carboxylic acids is 1. The summed E-state index contributed by atoms with van der Waals surface area (Å²) in [6, 6.07) is 0.333. The highest BCUT2D eigenvalue weighted by Gasteiger charge is 2.42. The Kier molecular flexibility index (Phi) is 4.54. The van der Waals surface area contributed by atoms with Crippen molar-refractivity contribution in [2.75, 3.05) is 13.1 Å². The van der Waals surface area contributed by atoms with Crippen molar-refractivity contribution in [2.45, 2.75) is 52.0 Å². The molecule has 6 nitrogen and oxygen atoms in total. The Balaban J connectivity index is 1.90. The Bertz CT molecular complexity index is 441. The van der Waals surface area contributed by atoms with Gasteiger partial charge in [-0.1, -0.05) is 13.8 Å². The largest absolute Gasteiger partial charge is 0.481 e. The first-order valence-electron chi connectivity index (χ1n) is 7.74. The van der Waals surface area contributed by atoms with Gasteiger partial charge in [0.1, 0.15) is 0 Å². The first kappa shape index (κ1) is 15.8. The molecule has 1 heterocycles. The van der Waals surface area contributed by atoms with Crippen LogP contribution in [0.4, 0.5) is 0 Å². The highest BCUT2D eigenvalue weighted by molar-refractivity contribution is 5.89. The summed E-state index contributed by atoms with van der Waals surface area (Å²) < 4.78 is 0. The van der Waals surface area contributed by atoms with Gasteiger partial charge in [-0.05, 0) is 25.7 Å². The molecular weight excluding hydrogens is 272 g/mol. The van der Waals surface area contributed by atoms with E-state index in [9.17, 15) is 19.5 Å². The number of nitrogens with zero attached hydrogens (tertiary/aromatic N) is 1. The van der Waals surface area contributed by atoms with E-state index in [0.717, 1.165) is 12.8 Å². The van der Waals surface area contributed by atoms with Crippen LogP contribution in [0.2, 0.25) is 0 Å². The molecule has 2 aliphatic rings. The number of hydrogen-bond acceptors (Lipinski definition) is 3. The molecule has 6 heteroatoms. The van der Waals surface area contributed by atoms with E-state index in [1.807, 2.05) is 13.8 Å². The Labute approximate surface area is 124 Å². The van der Waals surface area contributed by atoms with E-state index < -0.39 is 11.4 Å². The number of carboxylic acids is 1. The minimum Gasteiger partial charge on any atom is -0.481 e. The summed E-state index contributed by atoms with van der Waals surface area (Å²) >= 11 is 0. The molecule has 1 atom stereocenters. The molecule has 118 valence electrons. The number of amides is 2. The zero-order valence-corrected chi connectivity index (χ0v) is 12.7. The fourth-order valence-corrected chi connectivity index (χ4v) is 2.93. The number of hydrogen-bond donors (Lipinski definition) is 2. The molecule has 0 spiro atoms. The number of carboxylic acid groups (broad SMARTS) is 1. The van der Waals surface area contributed by atoms with Gasteiger partial charge in [-0.3, -0.25) is 14.4 Å². The van der Waals surface area contributed by atoms with E-state index in [1.165, 1.54) is 0 Å². The van der Waals surface area contributed by atoms with E-state index in [-0.39, 0.29) is 30.7 Å². The zero-order valence-electron chi connectivity index (χ0n) is 12.7. The van der Waals surface area contributed by atoms with Crippen LogP contribution in [-0.2, 0) is 14.4 Å². The van der Waals surface area contributed by atoms with Crippen molar-refractivity contribution >= 4 is 17.8 Å². The average Bonchev–Trinajstić information content (AvgIpc) is 3.22. The van der Waals surface area contributed by atoms with Gasteiger partial charge in [-0.2, -0.15) is 0 Å². The molecule has 0 aromatic heterocycles. The molecule has 1 aliphatic carbocycles. The Morgan fingerprint density at radius 1 is 1.33 bits per heavy atom. The van der Waals surface area contributed by atoms with Gasteiger partial charge in [-0.15, -0.1) is 0 Å². The van der Waals surface area contributed by atoms with Gasteiger partial charge in [0.2, 0.25) is 11.8 Å². The molecule has 0 aromatic carbocycles. The van der Waals surface area contributed by atoms with Crippen LogP contribution in [0.15, 0.2) is 0 Å². The predicted molar refractivity (Wildman–Crippen MR) is 76.5 cm³/mol. The standard InChI is InChI=1S/C15H24N2O4/c1-3-15(4-2,14(20)21)9-16-13(19)10-7-12(18)17(8-10)11-5-6-11/h10-11H,3-9H2,1-2H3,(H,16,19)(H,20,21). The lowest BCUT2D eigenvalue weighted by Crippen LogP contribution is -2.44. The second-order valence-electron chi connectivity index (χ2n) is 6.19. The lowest BCUT2D eigenvalue weighted by Gasteiger charge is -2.27. The van der Waals surface area contributed by atoms with Gasteiger partial charge < -0.3 is 15.3 Å². The predicted octanol–water partition coefficient (Wildman–Crippen LogP) is 1.00. The SMILES string of the molecule is CCC(CC)(CNC(=O)C1CC(=O)N(C2CC2)C1)C(=O)O. The van der Waals surface area contributed by atoms with Crippen LogP contribution in [0, 0.1) is 11.3 Å². The summed E-state index contributed by atoms with van der Waals surface area (Å²) in [6.07, 6.45) is 3.26. The number of rotatable bonds is 7. The molecule has 2 N–H and O–H groups in total. The third-order valence-corrected chi connectivity index (χ3v) is 4.93.